The van der Waals surface area contributed by atoms with Gasteiger partial charge in [0.25, 0.3) is 11.8 Å². The van der Waals surface area contributed by atoms with E-state index in [9.17, 15) is 9.59 Å². The number of nitrogens with zero attached hydrogens (tertiary/aromatic N) is 2. The molecule has 25 heavy (non-hydrogen) atoms. The smallest absolute Gasteiger partial charge is 0.267 e. The zero-order valence-electron chi connectivity index (χ0n) is 13.0. The summed E-state index contributed by atoms with van der Waals surface area (Å²) in [5.74, 6) is -0.847. The fourth-order valence-electron chi connectivity index (χ4n) is 2.56. The summed E-state index contributed by atoms with van der Waals surface area (Å²) in [5, 5.41) is 2.50. The largest absolute Gasteiger partial charge is 0.282 e. The van der Waals surface area contributed by atoms with E-state index in [0.717, 1.165) is 9.09 Å². The van der Waals surface area contributed by atoms with Crippen LogP contribution in [-0.2, 0) is 9.59 Å². The fraction of sp³-hybridized carbons (Fsp3) is 0. The first-order valence-electron chi connectivity index (χ1n) is 7.54. The molecule has 6 heteroatoms. The van der Waals surface area contributed by atoms with Crippen LogP contribution in [0.4, 0.5) is 5.69 Å². The monoisotopic (exact) mass is 441 g/mol. The van der Waals surface area contributed by atoms with Gasteiger partial charge in [0.05, 0.1) is 16.9 Å². The summed E-state index contributed by atoms with van der Waals surface area (Å²) in [6, 6.07) is 17.6. The van der Waals surface area contributed by atoms with Crippen LogP contribution in [0.5, 0.6) is 0 Å². The lowest BCUT2D eigenvalue weighted by Crippen LogP contribution is -2.35. The SMILES string of the molecule is C=C1C(=O)NN(c2ccc(I)cc2)C1=O.c1ccc2c3cc-3nc2c1. The summed E-state index contributed by atoms with van der Waals surface area (Å²) in [6.45, 7) is 3.40. The van der Waals surface area contributed by atoms with Gasteiger partial charge in [-0.15, -0.1) is 0 Å². The minimum absolute atomic E-state index is 0.0337. The highest BCUT2D eigenvalue weighted by Crippen LogP contribution is 2.39. The molecule has 3 aliphatic rings. The summed E-state index contributed by atoms with van der Waals surface area (Å²) >= 11 is 2.16. The molecular formula is C19H12IN3O2. The summed E-state index contributed by atoms with van der Waals surface area (Å²) in [4.78, 5) is 27.1. The predicted octanol–water partition coefficient (Wildman–Crippen LogP) is 3.44. The molecule has 5 rings (SSSR count). The van der Waals surface area contributed by atoms with Crippen molar-refractivity contribution in [1.82, 2.24) is 10.4 Å². The van der Waals surface area contributed by atoms with Crippen LogP contribution in [0, 0.1) is 3.57 Å². The van der Waals surface area contributed by atoms with Crippen LogP contribution in [0.3, 0.4) is 0 Å². The lowest BCUT2D eigenvalue weighted by Gasteiger charge is -2.14. The molecule has 2 aliphatic heterocycles. The van der Waals surface area contributed by atoms with Gasteiger partial charge in [-0.3, -0.25) is 15.0 Å². The zero-order chi connectivity index (χ0) is 17.6. The fourth-order valence-corrected chi connectivity index (χ4v) is 2.92. The number of pyridine rings is 1. The van der Waals surface area contributed by atoms with Gasteiger partial charge in [0.15, 0.2) is 0 Å². The topological polar surface area (TPSA) is 62.3 Å². The average molecular weight is 441 g/mol. The molecular weight excluding hydrogens is 429 g/mol. The van der Waals surface area contributed by atoms with Gasteiger partial charge in [0, 0.05) is 14.5 Å². The van der Waals surface area contributed by atoms with E-state index < -0.39 is 11.8 Å². The van der Waals surface area contributed by atoms with E-state index in [2.05, 4.69) is 63.8 Å². The van der Waals surface area contributed by atoms with Gasteiger partial charge in [-0.1, -0.05) is 24.8 Å². The van der Waals surface area contributed by atoms with E-state index in [-0.39, 0.29) is 5.57 Å². The van der Waals surface area contributed by atoms with Crippen molar-refractivity contribution in [2.75, 3.05) is 5.01 Å². The van der Waals surface area contributed by atoms with Crippen molar-refractivity contribution in [3.63, 3.8) is 0 Å². The van der Waals surface area contributed by atoms with Crippen molar-refractivity contribution in [1.29, 1.82) is 0 Å². The number of hydrazine groups is 1. The molecule has 0 spiro atoms. The van der Waals surface area contributed by atoms with Crippen LogP contribution in [0.2, 0.25) is 0 Å². The first kappa shape index (κ1) is 15.8. The second-order valence-corrected chi connectivity index (χ2v) is 6.85. The van der Waals surface area contributed by atoms with Gasteiger partial charge in [0.2, 0.25) is 0 Å². The number of carbonyl (C=O) groups excluding carboxylic acids is 2. The quantitative estimate of drug-likeness (QED) is 0.280. The third-order valence-electron chi connectivity index (χ3n) is 3.94. The number of rotatable bonds is 1. The molecule has 1 aliphatic carbocycles. The number of para-hydroxylation sites is 1. The van der Waals surface area contributed by atoms with Gasteiger partial charge in [-0.25, -0.2) is 9.99 Å². The number of amides is 2. The van der Waals surface area contributed by atoms with E-state index in [1.807, 2.05) is 18.2 Å². The maximum atomic E-state index is 11.5. The minimum Gasteiger partial charge on any atom is -0.267 e. The van der Waals surface area contributed by atoms with E-state index in [1.54, 1.807) is 12.1 Å². The summed E-state index contributed by atoms with van der Waals surface area (Å²) in [7, 11) is 0. The summed E-state index contributed by atoms with van der Waals surface area (Å²) in [5.41, 5.74) is 6.69. The maximum Gasteiger partial charge on any atom is 0.282 e. The summed E-state index contributed by atoms with van der Waals surface area (Å²) < 4.78 is 1.06. The average Bonchev–Trinajstić information content (AvgIpc) is 3.23. The van der Waals surface area contributed by atoms with Crippen LogP contribution in [0.15, 0.2) is 66.7 Å². The van der Waals surface area contributed by atoms with E-state index in [4.69, 9.17) is 0 Å². The molecule has 122 valence electrons. The number of carbonyl (C=O) groups is 2. The van der Waals surface area contributed by atoms with Gasteiger partial charge in [0.1, 0.15) is 5.57 Å². The molecule has 2 heterocycles. The Balaban J connectivity index is 0.000000134. The van der Waals surface area contributed by atoms with Crippen molar-refractivity contribution in [2.24, 2.45) is 0 Å². The van der Waals surface area contributed by atoms with Gasteiger partial charge in [-0.2, -0.15) is 0 Å². The molecule has 2 amide bonds. The van der Waals surface area contributed by atoms with Crippen molar-refractivity contribution < 1.29 is 9.59 Å². The molecule has 0 bridgehead atoms. The number of benzene rings is 2. The number of fused-ring (bicyclic) bond motifs is 3. The summed E-state index contributed by atoms with van der Waals surface area (Å²) in [6.07, 6.45) is 0. The Bertz CT molecular complexity index is 1040. The van der Waals surface area contributed by atoms with Crippen molar-refractivity contribution in [3.8, 4) is 11.3 Å². The highest BCUT2D eigenvalue weighted by atomic mass is 127. The number of anilines is 1. The number of aromatic nitrogens is 1. The van der Waals surface area contributed by atoms with Crippen molar-refractivity contribution in [3.05, 3.63) is 70.3 Å². The maximum absolute atomic E-state index is 11.5. The van der Waals surface area contributed by atoms with Gasteiger partial charge < -0.3 is 0 Å². The Hall–Kier alpha value is -2.74. The normalized spacial score (nSPS) is 14.3. The Morgan fingerprint density at radius 1 is 1.04 bits per heavy atom. The van der Waals surface area contributed by atoms with E-state index in [1.165, 1.54) is 21.7 Å². The molecule has 1 saturated heterocycles. The number of nitrogens with one attached hydrogen (secondary N) is 1. The molecule has 1 N–H and O–H groups in total. The third-order valence-corrected chi connectivity index (χ3v) is 4.66. The molecule has 0 unspecified atom stereocenters. The van der Waals surface area contributed by atoms with Crippen LogP contribution >= 0.6 is 22.6 Å². The molecule has 0 aromatic heterocycles. The molecule has 2 aromatic carbocycles. The molecule has 2 aromatic rings. The number of hydrogen-bond acceptors (Lipinski definition) is 3. The Morgan fingerprint density at radius 2 is 1.76 bits per heavy atom. The van der Waals surface area contributed by atoms with Crippen LogP contribution in [0.1, 0.15) is 0 Å². The highest BCUT2D eigenvalue weighted by molar-refractivity contribution is 14.1. The first-order valence-corrected chi connectivity index (χ1v) is 8.62. The van der Waals surface area contributed by atoms with Crippen LogP contribution in [-0.4, -0.2) is 16.8 Å². The van der Waals surface area contributed by atoms with E-state index >= 15 is 0 Å². The molecule has 1 fully saturated rings. The molecule has 0 atom stereocenters. The van der Waals surface area contributed by atoms with Crippen LogP contribution in [0.25, 0.3) is 22.2 Å². The minimum atomic E-state index is -0.446. The number of halogens is 1. The van der Waals surface area contributed by atoms with Gasteiger partial charge >= 0.3 is 0 Å². The lowest BCUT2D eigenvalue weighted by atomic mass is 10.2. The second kappa shape index (κ2) is 5.96. The predicted molar refractivity (Wildman–Crippen MR) is 105 cm³/mol. The Labute approximate surface area is 157 Å². The zero-order valence-corrected chi connectivity index (χ0v) is 15.1. The van der Waals surface area contributed by atoms with Crippen molar-refractivity contribution >= 4 is 51.0 Å². The Kier molecular flexibility index (Phi) is 3.76. The molecule has 0 saturated carbocycles. The number of hydrogen-bond donors (Lipinski definition) is 1. The lowest BCUT2D eigenvalue weighted by molar-refractivity contribution is -0.117. The standard InChI is InChI=1S/C10H7IN2O2.C9H5N/c1-6-9(14)12-13(10(6)15)8-4-2-7(11)3-5-8;1-2-4-8-6(3-1)7-5-9(7)10-8/h2-5H,1H2,(H,12,14);1-5H. The molecule has 0 radical (unpaired) electrons. The third kappa shape index (κ3) is 2.89. The van der Waals surface area contributed by atoms with Crippen LogP contribution < -0.4 is 10.4 Å². The first-order chi connectivity index (χ1) is 12.0. The second-order valence-electron chi connectivity index (χ2n) is 5.61. The van der Waals surface area contributed by atoms with Crippen molar-refractivity contribution in [2.45, 2.75) is 0 Å². The van der Waals surface area contributed by atoms with Gasteiger partial charge in [-0.05, 0) is 59.0 Å². The molecule has 5 nitrogen and oxygen atoms in total. The highest BCUT2D eigenvalue weighted by Gasteiger charge is 2.32. The Morgan fingerprint density at radius 3 is 2.40 bits per heavy atom. The van der Waals surface area contributed by atoms with E-state index in [0.29, 0.717) is 5.69 Å².